The Morgan fingerprint density at radius 3 is 2.79 bits per heavy atom. The number of carbonyl (C=O) groups is 1. The van der Waals surface area contributed by atoms with Crippen molar-refractivity contribution in [2.24, 2.45) is 0 Å². The van der Waals surface area contributed by atoms with E-state index in [0.29, 0.717) is 22.2 Å². The predicted molar refractivity (Wildman–Crippen MR) is 87.8 cm³/mol. The van der Waals surface area contributed by atoms with Gasteiger partial charge in [-0.1, -0.05) is 18.2 Å². The van der Waals surface area contributed by atoms with Crippen LogP contribution in [0.25, 0.3) is 10.9 Å². The molecule has 3 rings (SSSR count). The number of aromatic nitrogens is 2. The van der Waals surface area contributed by atoms with Crippen LogP contribution in [-0.4, -0.2) is 26.1 Å². The number of nitrogens with zero attached hydrogens (tertiary/aromatic N) is 2. The largest absolute Gasteiger partial charge is 0.389 e. The summed E-state index contributed by atoms with van der Waals surface area (Å²) < 4.78 is 0. The average Bonchev–Trinajstić information content (AvgIpc) is 2.98. The van der Waals surface area contributed by atoms with Crippen molar-refractivity contribution < 1.29 is 14.8 Å². The van der Waals surface area contributed by atoms with Crippen LogP contribution < -0.4 is 5.32 Å². The molecule has 122 valence electrons. The third kappa shape index (κ3) is 2.82. The second kappa shape index (κ2) is 6.09. The Balaban J connectivity index is 1.98. The zero-order chi connectivity index (χ0) is 17.3. The quantitative estimate of drug-likeness (QED) is 0.503. The molecule has 0 spiro atoms. The molecule has 3 aromatic rings. The van der Waals surface area contributed by atoms with Crippen LogP contribution in [0.4, 0.5) is 11.4 Å². The Labute approximate surface area is 136 Å². The number of aromatic amines is 1. The number of carbonyl (C=O) groups excluding carboxylic acids is 1. The van der Waals surface area contributed by atoms with E-state index in [1.165, 1.54) is 18.2 Å². The van der Waals surface area contributed by atoms with Gasteiger partial charge >= 0.3 is 0 Å². The summed E-state index contributed by atoms with van der Waals surface area (Å²) >= 11 is 0. The van der Waals surface area contributed by atoms with Crippen molar-refractivity contribution in [1.82, 2.24) is 10.2 Å². The minimum Gasteiger partial charge on any atom is -0.389 e. The summed E-state index contributed by atoms with van der Waals surface area (Å²) in [7, 11) is 0. The van der Waals surface area contributed by atoms with Gasteiger partial charge in [0.25, 0.3) is 11.6 Å². The lowest BCUT2D eigenvalue weighted by Gasteiger charge is -2.12. The highest BCUT2D eigenvalue weighted by atomic mass is 16.6. The molecule has 24 heavy (non-hydrogen) atoms. The molecule has 8 heteroatoms. The molecule has 1 unspecified atom stereocenters. The highest BCUT2D eigenvalue weighted by Gasteiger charge is 2.18. The number of aliphatic hydroxyl groups is 1. The molecule has 0 saturated heterocycles. The first-order valence-corrected chi connectivity index (χ1v) is 7.18. The Hall–Kier alpha value is -3.26. The van der Waals surface area contributed by atoms with Gasteiger partial charge in [-0.05, 0) is 19.1 Å². The van der Waals surface area contributed by atoms with E-state index >= 15 is 0 Å². The van der Waals surface area contributed by atoms with E-state index in [-0.39, 0.29) is 11.4 Å². The van der Waals surface area contributed by atoms with E-state index in [1.54, 1.807) is 31.2 Å². The van der Waals surface area contributed by atoms with Gasteiger partial charge in [-0.3, -0.25) is 20.0 Å². The second-order valence-electron chi connectivity index (χ2n) is 5.28. The summed E-state index contributed by atoms with van der Waals surface area (Å²) in [5.41, 5.74) is 1.47. The van der Waals surface area contributed by atoms with Gasteiger partial charge in [-0.2, -0.15) is 5.10 Å². The summed E-state index contributed by atoms with van der Waals surface area (Å²) in [6.07, 6.45) is -0.751. The number of aliphatic hydroxyl groups excluding tert-OH is 1. The van der Waals surface area contributed by atoms with Crippen molar-refractivity contribution in [2.45, 2.75) is 13.0 Å². The summed E-state index contributed by atoms with van der Waals surface area (Å²) in [4.78, 5) is 22.9. The van der Waals surface area contributed by atoms with Gasteiger partial charge in [0.1, 0.15) is 0 Å². The number of amides is 1. The van der Waals surface area contributed by atoms with Crippen LogP contribution >= 0.6 is 0 Å². The number of hydrogen-bond donors (Lipinski definition) is 3. The number of nitro benzene ring substituents is 1. The number of nitro groups is 1. The summed E-state index contributed by atoms with van der Waals surface area (Å²) in [6, 6.07) is 11.0. The number of para-hydroxylation sites is 1. The van der Waals surface area contributed by atoms with Crippen molar-refractivity contribution in [3.63, 3.8) is 0 Å². The molecule has 0 aliphatic heterocycles. The van der Waals surface area contributed by atoms with Crippen LogP contribution in [0.3, 0.4) is 0 Å². The molecular weight excluding hydrogens is 312 g/mol. The summed E-state index contributed by atoms with van der Waals surface area (Å²) in [5, 5.41) is 30.3. The van der Waals surface area contributed by atoms with Crippen LogP contribution in [0, 0.1) is 10.1 Å². The Morgan fingerprint density at radius 1 is 1.33 bits per heavy atom. The van der Waals surface area contributed by atoms with Gasteiger partial charge < -0.3 is 10.4 Å². The summed E-state index contributed by atoms with van der Waals surface area (Å²) in [5.74, 6) is -0.519. The van der Waals surface area contributed by atoms with Crippen LogP contribution in [-0.2, 0) is 0 Å². The van der Waals surface area contributed by atoms with Gasteiger partial charge in [0.15, 0.2) is 5.69 Å². The van der Waals surface area contributed by atoms with E-state index in [1.807, 2.05) is 0 Å². The molecule has 0 bridgehead atoms. The fraction of sp³-hybridized carbons (Fsp3) is 0.125. The minimum atomic E-state index is -0.751. The first kappa shape index (κ1) is 15.6. The molecule has 0 saturated carbocycles. The topological polar surface area (TPSA) is 121 Å². The molecule has 0 aliphatic rings. The lowest BCUT2D eigenvalue weighted by molar-refractivity contribution is -0.384. The van der Waals surface area contributed by atoms with Gasteiger partial charge in [0, 0.05) is 28.8 Å². The molecule has 0 radical (unpaired) electrons. The maximum Gasteiger partial charge on any atom is 0.276 e. The third-order valence-corrected chi connectivity index (χ3v) is 3.63. The highest BCUT2D eigenvalue weighted by molar-refractivity contribution is 6.11. The number of anilines is 1. The van der Waals surface area contributed by atoms with Crippen LogP contribution in [0.2, 0.25) is 0 Å². The molecular formula is C16H14N4O4. The molecule has 0 aliphatic carbocycles. The highest BCUT2D eigenvalue weighted by Crippen LogP contribution is 2.25. The fourth-order valence-electron chi connectivity index (χ4n) is 2.45. The molecule has 1 aromatic heterocycles. The third-order valence-electron chi connectivity index (χ3n) is 3.63. The smallest absolute Gasteiger partial charge is 0.276 e. The number of nitrogens with one attached hydrogen (secondary N) is 2. The molecule has 1 heterocycles. The number of hydrogen-bond acceptors (Lipinski definition) is 5. The standard InChI is InChI=1S/C16H14N4O4/c1-9(21)11-4-2-3-5-13(11)17-16(22)15-12-8-10(20(23)24)6-7-14(12)18-19-15/h2-9,21H,1H3,(H,17,22)(H,18,19). The lowest BCUT2D eigenvalue weighted by atomic mass is 10.1. The van der Waals surface area contributed by atoms with Crippen molar-refractivity contribution in [2.75, 3.05) is 5.32 Å². The van der Waals surface area contributed by atoms with Gasteiger partial charge in [0.2, 0.25) is 0 Å². The average molecular weight is 326 g/mol. The zero-order valence-corrected chi connectivity index (χ0v) is 12.7. The Morgan fingerprint density at radius 2 is 2.08 bits per heavy atom. The number of non-ortho nitro benzene ring substituents is 1. The van der Waals surface area contributed by atoms with Crippen molar-refractivity contribution >= 4 is 28.2 Å². The van der Waals surface area contributed by atoms with E-state index in [9.17, 15) is 20.0 Å². The van der Waals surface area contributed by atoms with Crippen LogP contribution in [0.1, 0.15) is 29.1 Å². The Bertz CT molecular complexity index is 933. The summed E-state index contributed by atoms with van der Waals surface area (Å²) in [6.45, 7) is 1.60. The molecule has 1 atom stereocenters. The maximum atomic E-state index is 12.5. The van der Waals surface area contributed by atoms with Gasteiger partial charge in [-0.25, -0.2) is 0 Å². The van der Waals surface area contributed by atoms with Crippen molar-refractivity contribution in [1.29, 1.82) is 0 Å². The van der Waals surface area contributed by atoms with Crippen LogP contribution in [0.15, 0.2) is 42.5 Å². The number of H-pyrrole nitrogens is 1. The van der Waals surface area contributed by atoms with Crippen molar-refractivity contribution in [3.8, 4) is 0 Å². The zero-order valence-electron chi connectivity index (χ0n) is 12.7. The van der Waals surface area contributed by atoms with Crippen molar-refractivity contribution in [3.05, 3.63) is 63.8 Å². The maximum absolute atomic E-state index is 12.5. The normalized spacial score (nSPS) is 12.1. The molecule has 1 amide bonds. The van der Waals surface area contributed by atoms with E-state index < -0.39 is 16.9 Å². The van der Waals surface area contributed by atoms with E-state index in [4.69, 9.17) is 0 Å². The van der Waals surface area contributed by atoms with E-state index in [2.05, 4.69) is 15.5 Å². The van der Waals surface area contributed by atoms with Gasteiger partial charge in [-0.15, -0.1) is 0 Å². The Kier molecular flexibility index (Phi) is 3.97. The van der Waals surface area contributed by atoms with Crippen LogP contribution in [0.5, 0.6) is 0 Å². The number of fused-ring (bicyclic) bond motifs is 1. The second-order valence-corrected chi connectivity index (χ2v) is 5.28. The minimum absolute atomic E-state index is 0.0501. The number of rotatable bonds is 4. The first-order chi connectivity index (χ1) is 11.5. The number of benzene rings is 2. The lowest BCUT2D eigenvalue weighted by Crippen LogP contribution is -2.14. The predicted octanol–water partition coefficient (Wildman–Crippen LogP) is 2.78. The molecule has 8 nitrogen and oxygen atoms in total. The SMILES string of the molecule is CC(O)c1ccccc1NC(=O)c1n[nH]c2ccc([N+](=O)[O-])cc12. The van der Waals surface area contributed by atoms with E-state index in [0.717, 1.165) is 0 Å². The first-order valence-electron chi connectivity index (χ1n) is 7.18. The molecule has 0 fully saturated rings. The molecule has 2 aromatic carbocycles. The molecule has 3 N–H and O–H groups in total. The van der Waals surface area contributed by atoms with Gasteiger partial charge in [0.05, 0.1) is 16.5 Å². The monoisotopic (exact) mass is 326 g/mol. The fourth-order valence-corrected chi connectivity index (χ4v) is 2.45.